The smallest absolute Gasteiger partial charge is 0.409 e. The standard InChI is InChI=1S/C17H21N5O3/c1-2-24-17(23)22-9-7-21(8-10-22)14-6-5-13(11-18-14)16-19-15(20-25-16)12-3-4-12/h5-6,11-12H,2-4,7-10H2,1H3. The zero-order chi connectivity index (χ0) is 17.2. The summed E-state index contributed by atoms with van der Waals surface area (Å²) in [5, 5.41) is 4.03. The van der Waals surface area contributed by atoms with E-state index in [4.69, 9.17) is 9.26 Å². The SMILES string of the molecule is CCOC(=O)N1CCN(c2ccc(-c3nc(C4CC4)no3)cn2)CC1. The molecule has 0 N–H and O–H groups in total. The van der Waals surface area contributed by atoms with Crippen LogP contribution in [-0.4, -0.2) is 58.9 Å². The predicted octanol–water partition coefficient (Wildman–Crippen LogP) is 2.29. The Labute approximate surface area is 145 Å². The van der Waals surface area contributed by atoms with E-state index in [0.717, 1.165) is 43.1 Å². The summed E-state index contributed by atoms with van der Waals surface area (Å²) >= 11 is 0. The summed E-state index contributed by atoms with van der Waals surface area (Å²) in [5.41, 5.74) is 0.827. The molecule has 2 fully saturated rings. The van der Waals surface area contributed by atoms with Crippen LogP contribution in [0.15, 0.2) is 22.9 Å². The Bertz CT molecular complexity index is 733. The van der Waals surface area contributed by atoms with Gasteiger partial charge in [0.25, 0.3) is 5.89 Å². The molecule has 1 amide bonds. The number of hydrogen-bond donors (Lipinski definition) is 0. The van der Waals surface area contributed by atoms with E-state index in [0.29, 0.717) is 31.5 Å². The minimum Gasteiger partial charge on any atom is -0.450 e. The maximum atomic E-state index is 11.7. The van der Waals surface area contributed by atoms with Gasteiger partial charge in [-0.3, -0.25) is 0 Å². The molecule has 4 rings (SSSR count). The van der Waals surface area contributed by atoms with Gasteiger partial charge >= 0.3 is 6.09 Å². The van der Waals surface area contributed by atoms with Crippen LogP contribution in [0.3, 0.4) is 0 Å². The first-order valence-corrected chi connectivity index (χ1v) is 8.71. The van der Waals surface area contributed by atoms with Crippen LogP contribution in [0.1, 0.15) is 31.5 Å². The van der Waals surface area contributed by atoms with Crippen molar-refractivity contribution < 1.29 is 14.1 Å². The fourth-order valence-corrected chi connectivity index (χ4v) is 2.89. The first-order valence-electron chi connectivity index (χ1n) is 8.71. The number of piperazine rings is 1. The molecular weight excluding hydrogens is 322 g/mol. The van der Waals surface area contributed by atoms with Crippen molar-refractivity contribution in [3.05, 3.63) is 24.2 Å². The number of aromatic nitrogens is 3. The number of carbonyl (C=O) groups excluding carboxylic acids is 1. The summed E-state index contributed by atoms with van der Waals surface area (Å²) in [6.07, 6.45) is 3.81. The van der Waals surface area contributed by atoms with Gasteiger partial charge < -0.3 is 19.1 Å². The summed E-state index contributed by atoms with van der Waals surface area (Å²) in [6.45, 7) is 4.96. The molecule has 1 aliphatic heterocycles. The summed E-state index contributed by atoms with van der Waals surface area (Å²) in [6, 6.07) is 3.90. The highest BCUT2D eigenvalue weighted by atomic mass is 16.6. The number of carbonyl (C=O) groups is 1. The maximum Gasteiger partial charge on any atom is 0.409 e. The summed E-state index contributed by atoms with van der Waals surface area (Å²) in [7, 11) is 0. The van der Waals surface area contributed by atoms with Crippen LogP contribution in [0, 0.1) is 0 Å². The fraction of sp³-hybridized carbons (Fsp3) is 0.529. The second-order valence-corrected chi connectivity index (χ2v) is 6.31. The molecule has 0 atom stereocenters. The highest BCUT2D eigenvalue weighted by Gasteiger charge is 2.29. The van der Waals surface area contributed by atoms with Crippen LogP contribution in [0.25, 0.3) is 11.5 Å². The highest BCUT2D eigenvalue weighted by Crippen LogP contribution is 2.38. The van der Waals surface area contributed by atoms with E-state index in [2.05, 4.69) is 20.0 Å². The van der Waals surface area contributed by atoms with Crippen molar-refractivity contribution in [2.24, 2.45) is 0 Å². The minimum atomic E-state index is -0.242. The van der Waals surface area contributed by atoms with Gasteiger partial charge in [0.1, 0.15) is 5.82 Å². The average Bonchev–Trinajstić information content (AvgIpc) is 3.39. The molecule has 132 valence electrons. The van der Waals surface area contributed by atoms with Crippen molar-refractivity contribution in [1.82, 2.24) is 20.0 Å². The highest BCUT2D eigenvalue weighted by molar-refractivity contribution is 5.68. The number of hydrogen-bond acceptors (Lipinski definition) is 7. The van der Waals surface area contributed by atoms with Gasteiger partial charge in [-0.1, -0.05) is 5.16 Å². The lowest BCUT2D eigenvalue weighted by Crippen LogP contribution is -2.49. The Hall–Kier alpha value is -2.64. The Balaban J connectivity index is 1.38. The van der Waals surface area contributed by atoms with Gasteiger partial charge in [-0.15, -0.1) is 0 Å². The van der Waals surface area contributed by atoms with Gasteiger partial charge in [0, 0.05) is 38.3 Å². The topological polar surface area (TPSA) is 84.6 Å². The lowest BCUT2D eigenvalue weighted by atomic mass is 10.2. The molecule has 1 aliphatic carbocycles. The largest absolute Gasteiger partial charge is 0.450 e. The van der Waals surface area contributed by atoms with Gasteiger partial charge in [0.2, 0.25) is 0 Å². The number of ether oxygens (including phenoxy) is 1. The number of anilines is 1. The van der Waals surface area contributed by atoms with E-state index in [1.807, 2.05) is 19.1 Å². The lowest BCUT2D eigenvalue weighted by Gasteiger charge is -2.34. The van der Waals surface area contributed by atoms with Crippen molar-refractivity contribution in [2.75, 3.05) is 37.7 Å². The molecule has 0 aromatic carbocycles. The molecule has 0 unspecified atom stereocenters. The van der Waals surface area contributed by atoms with Gasteiger partial charge in [-0.2, -0.15) is 4.98 Å². The van der Waals surface area contributed by atoms with Crippen molar-refractivity contribution in [3.8, 4) is 11.5 Å². The predicted molar refractivity (Wildman–Crippen MR) is 90.3 cm³/mol. The molecule has 8 heteroatoms. The monoisotopic (exact) mass is 343 g/mol. The number of pyridine rings is 1. The second kappa shape index (κ2) is 6.70. The number of nitrogens with zero attached hydrogens (tertiary/aromatic N) is 5. The minimum absolute atomic E-state index is 0.242. The third-order valence-electron chi connectivity index (χ3n) is 4.51. The van der Waals surface area contributed by atoms with Crippen LogP contribution in [0.2, 0.25) is 0 Å². The van der Waals surface area contributed by atoms with Crippen molar-refractivity contribution in [2.45, 2.75) is 25.7 Å². The first kappa shape index (κ1) is 15.9. The van der Waals surface area contributed by atoms with E-state index >= 15 is 0 Å². The summed E-state index contributed by atoms with van der Waals surface area (Å²) < 4.78 is 10.4. The Kier molecular flexibility index (Phi) is 4.25. The zero-order valence-electron chi connectivity index (χ0n) is 14.2. The Morgan fingerprint density at radius 2 is 2.08 bits per heavy atom. The van der Waals surface area contributed by atoms with Crippen LogP contribution < -0.4 is 4.90 Å². The third-order valence-corrected chi connectivity index (χ3v) is 4.51. The summed E-state index contributed by atoms with van der Waals surface area (Å²) in [5.74, 6) is 2.68. The van der Waals surface area contributed by atoms with Crippen LogP contribution in [0.5, 0.6) is 0 Å². The second-order valence-electron chi connectivity index (χ2n) is 6.31. The van der Waals surface area contributed by atoms with Crippen LogP contribution in [0.4, 0.5) is 10.6 Å². The van der Waals surface area contributed by atoms with Gasteiger partial charge in [-0.05, 0) is 31.9 Å². The molecule has 0 radical (unpaired) electrons. The molecular formula is C17H21N5O3. The molecule has 1 saturated carbocycles. The normalized spacial score (nSPS) is 17.6. The van der Waals surface area contributed by atoms with Crippen LogP contribution in [-0.2, 0) is 4.74 Å². The van der Waals surface area contributed by atoms with Gasteiger partial charge in [0.15, 0.2) is 5.82 Å². The van der Waals surface area contributed by atoms with Gasteiger partial charge in [-0.25, -0.2) is 9.78 Å². The number of amides is 1. The first-order chi connectivity index (χ1) is 12.2. The summed E-state index contributed by atoms with van der Waals surface area (Å²) in [4.78, 5) is 24.6. The van der Waals surface area contributed by atoms with Crippen molar-refractivity contribution in [1.29, 1.82) is 0 Å². The lowest BCUT2D eigenvalue weighted by molar-refractivity contribution is 0.105. The molecule has 25 heavy (non-hydrogen) atoms. The molecule has 2 aliphatic rings. The third kappa shape index (κ3) is 3.42. The number of rotatable bonds is 4. The van der Waals surface area contributed by atoms with Crippen molar-refractivity contribution >= 4 is 11.9 Å². The molecule has 0 bridgehead atoms. The van der Waals surface area contributed by atoms with E-state index in [-0.39, 0.29) is 6.09 Å². The molecule has 0 spiro atoms. The molecule has 3 heterocycles. The maximum absolute atomic E-state index is 11.7. The molecule has 1 saturated heterocycles. The van der Waals surface area contributed by atoms with E-state index < -0.39 is 0 Å². The fourth-order valence-electron chi connectivity index (χ4n) is 2.89. The molecule has 2 aromatic rings. The van der Waals surface area contributed by atoms with Gasteiger partial charge in [0.05, 0.1) is 12.2 Å². The molecule has 8 nitrogen and oxygen atoms in total. The average molecular weight is 343 g/mol. The Morgan fingerprint density at radius 3 is 2.72 bits per heavy atom. The van der Waals surface area contributed by atoms with E-state index in [9.17, 15) is 4.79 Å². The Morgan fingerprint density at radius 1 is 1.28 bits per heavy atom. The zero-order valence-corrected chi connectivity index (χ0v) is 14.2. The molecule has 2 aromatic heterocycles. The van der Waals surface area contributed by atoms with Crippen molar-refractivity contribution in [3.63, 3.8) is 0 Å². The van der Waals surface area contributed by atoms with E-state index in [1.165, 1.54) is 0 Å². The van der Waals surface area contributed by atoms with Crippen LogP contribution >= 0.6 is 0 Å². The van der Waals surface area contributed by atoms with E-state index in [1.54, 1.807) is 11.1 Å². The quantitative estimate of drug-likeness (QED) is 0.842.